The number of halogens is 6. The van der Waals surface area contributed by atoms with Crippen LogP contribution in [0.25, 0.3) is 32.0 Å². The summed E-state index contributed by atoms with van der Waals surface area (Å²) in [7, 11) is 0. The summed E-state index contributed by atoms with van der Waals surface area (Å²) in [5.41, 5.74) is -0.869. The molecule has 41 heavy (non-hydrogen) atoms. The van der Waals surface area contributed by atoms with Crippen molar-refractivity contribution >= 4 is 33.8 Å². The molecule has 1 aliphatic rings. The highest BCUT2D eigenvalue weighted by atomic mass is 32.1. The third kappa shape index (κ3) is 4.32. The Bertz CT molecular complexity index is 1500. The first-order chi connectivity index (χ1) is 19.1. The summed E-state index contributed by atoms with van der Waals surface area (Å²) >= 11 is 2.39. The normalized spacial score (nSPS) is 17.7. The molecule has 0 amide bonds. The maximum Gasteiger partial charge on any atom is 0.380 e. The highest BCUT2D eigenvalue weighted by Gasteiger charge is 2.80. The standard InChI is InChI=1S/C33H30F6S2/c1-17(2)27-23(19(5)29(40-27)21-13-9-7-10-14-21)25-26(32(36,37)33(38,39)31(25,34)35)24-20(6)30(41-28(24)18(3)4)22-15-11-8-12-16-22/h7-18H,1-6H3. The Morgan fingerprint density at radius 2 is 0.854 bits per heavy atom. The van der Waals surface area contributed by atoms with E-state index in [1.165, 1.54) is 22.7 Å². The summed E-state index contributed by atoms with van der Waals surface area (Å²) in [6.07, 6.45) is 0. The van der Waals surface area contributed by atoms with Gasteiger partial charge in [0.05, 0.1) is 0 Å². The lowest BCUT2D eigenvalue weighted by molar-refractivity contribution is -0.254. The van der Waals surface area contributed by atoms with Crippen LogP contribution in [0.1, 0.15) is 71.5 Å². The molecule has 0 radical (unpaired) electrons. The minimum Gasteiger partial charge on any atom is -0.194 e. The van der Waals surface area contributed by atoms with Gasteiger partial charge in [-0.3, -0.25) is 0 Å². The molecule has 5 rings (SSSR count). The first-order valence-corrected chi connectivity index (χ1v) is 15.0. The minimum absolute atomic E-state index is 0.192. The molecule has 0 unspecified atom stereocenters. The molecule has 0 saturated heterocycles. The van der Waals surface area contributed by atoms with E-state index in [4.69, 9.17) is 0 Å². The average molecular weight is 605 g/mol. The van der Waals surface area contributed by atoms with Gasteiger partial charge < -0.3 is 0 Å². The molecule has 0 spiro atoms. The lowest BCUT2D eigenvalue weighted by Crippen LogP contribution is -2.49. The third-order valence-corrected chi connectivity index (χ3v) is 10.9. The van der Waals surface area contributed by atoms with E-state index in [0.717, 1.165) is 0 Å². The molecule has 0 fully saturated rings. The highest BCUT2D eigenvalue weighted by molar-refractivity contribution is 7.16. The second-order valence-electron chi connectivity index (χ2n) is 11.1. The summed E-state index contributed by atoms with van der Waals surface area (Å²) in [6, 6.07) is 17.9. The lowest BCUT2D eigenvalue weighted by Gasteiger charge is -2.26. The van der Waals surface area contributed by atoms with Crippen molar-refractivity contribution in [3.63, 3.8) is 0 Å². The number of thiophene rings is 2. The van der Waals surface area contributed by atoms with Crippen molar-refractivity contribution in [3.05, 3.63) is 92.7 Å². The van der Waals surface area contributed by atoms with E-state index >= 15 is 26.3 Å². The van der Waals surface area contributed by atoms with Crippen molar-refractivity contribution < 1.29 is 26.3 Å². The Labute approximate surface area is 244 Å². The van der Waals surface area contributed by atoms with Crippen molar-refractivity contribution in [2.45, 2.75) is 71.1 Å². The van der Waals surface area contributed by atoms with Crippen LogP contribution in [0.3, 0.4) is 0 Å². The van der Waals surface area contributed by atoms with Gasteiger partial charge in [0.15, 0.2) is 0 Å². The number of rotatable bonds is 6. The molecule has 0 N–H and O–H groups in total. The van der Waals surface area contributed by atoms with Gasteiger partial charge in [-0.1, -0.05) is 88.4 Å². The van der Waals surface area contributed by atoms with Gasteiger partial charge in [0, 0.05) is 41.8 Å². The van der Waals surface area contributed by atoms with E-state index in [1.807, 2.05) is 0 Å². The Balaban J connectivity index is 1.95. The van der Waals surface area contributed by atoms with E-state index in [1.54, 1.807) is 102 Å². The van der Waals surface area contributed by atoms with Gasteiger partial charge in [-0.05, 0) is 47.9 Å². The van der Waals surface area contributed by atoms with Gasteiger partial charge in [-0.15, -0.1) is 22.7 Å². The Kier molecular flexibility index (Phi) is 7.35. The Morgan fingerprint density at radius 1 is 0.537 bits per heavy atom. The molecule has 0 bridgehead atoms. The first-order valence-electron chi connectivity index (χ1n) is 13.4. The summed E-state index contributed by atoms with van der Waals surface area (Å²) in [4.78, 5) is 1.96. The van der Waals surface area contributed by atoms with E-state index in [-0.39, 0.29) is 23.0 Å². The maximum atomic E-state index is 16.1. The predicted molar refractivity (Wildman–Crippen MR) is 159 cm³/mol. The molecule has 8 heteroatoms. The predicted octanol–water partition coefficient (Wildman–Crippen LogP) is 11.8. The number of alkyl halides is 6. The van der Waals surface area contributed by atoms with Crippen LogP contribution in [0.2, 0.25) is 0 Å². The number of hydrogen-bond donors (Lipinski definition) is 0. The van der Waals surface area contributed by atoms with Crippen molar-refractivity contribution in [2.24, 2.45) is 0 Å². The van der Waals surface area contributed by atoms with Crippen molar-refractivity contribution in [2.75, 3.05) is 0 Å². The molecule has 2 heterocycles. The Morgan fingerprint density at radius 3 is 1.15 bits per heavy atom. The molecule has 0 aliphatic heterocycles. The van der Waals surface area contributed by atoms with Gasteiger partial charge in [-0.2, -0.15) is 26.3 Å². The van der Waals surface area contributed by atoms with Crippen LogP contribution in [-0.2, 0) is 0 Å². The molecule has 0 nitrogen and oxygen atoms in total. The quantitative estimate of drug-likeness (QED) is 0.192. The van der Waals surface area contributed by atoms with E-state index in [9.17, 15) is 0 Å². The molecule has 4 aromatic rings. The summed E-state index contributed by atoms with van der Waals surface area (Å²) in [5.74, 6) is -16.6. The zero-order valence-electron chi connectivity index (χ0n) is 23.5. The van der Waals surface area contributed by atoms with Crippen LogP contribution >= 0.6 is 22.7 Å². The zero-order chi connectivity index (χ0) is 30.1. The molecule has 216 valence electrons. The van der Waals surface area contributed by atoms with Gasteiger partial charge in [-0.25, -0.2) is 0 Å². The number of allylic oxidation sites excluding steroid dienone is 2. The largest absolute Gasteiger partial charge is 0.380 e. The molecule has 2 aromatic heterocycles. The van der Waals surface area contributed by atoms with Gasteiger partial charge >= 0.3 is 17.8 Å². The fraction of sp³-hybridized carbons (Fsp3) is 0.333. The SMILES string of the molecule is Cc1c(-c2ccccc2)sc(C(C)C)c1C1=C(c2c(C(C)C)sc(-c3ccccc3)c2C)C(F)(F)C(F)(F)C1(F)F. The number of benzene rings is 2. The highest BCUT2D eigenvalue weighted by Crippen LogP contribution is 2.67. The second-order valence-corrected chi connectivity index (χ2v) is 13.2. The first kappa shape index (κ1) is 29.6. The molecular weight excluding hydrogens is 574 g/mol. The van der Waals surface area contributed by atoms with Crippen LogP contribution in [0, 0.1) is 13.8 Å². The Hall–Kier alpha value is -2.84. The van der Waals surface area contributed by atoms with Crippen LogP contribution in [0.15, 0.2) is 60.7 Å². The van der Waals surface area contributed by atoms with Gasteiger partial charge in [0.1, 0.15) is 0 Å². The van der Waals surface area contributed by atoms with Crippen LogP contribution in [0.4, 0.5) is 26.3 Å². The lowest BCUT2D eigenvalue weighted by atomic mass is 9.87. The third-order valence-electron chi connectivity index (χ3n) is 7.64. The maximum absolute atomic E-state index is 16.1. The number of hydrogen-bond acceptors (Lipinski definition) is 2. The topological polar surface area (TPSA) is 0 Å². The summed E-state index contributed by atoms with van der Waals surface area (Å²) < 4.78 is 95.1. The fourth-order valence-corrected chi connectivity index (χ4v) is 8.27. The van der Waals surface area contributed by atoms with E-state index < -0.39 is 28.9 Å². The van der Waals surface area contributed by atoms with Crippen molar-refractivity contribution in [1.29, 1.82) is 0 Å². The van der Waals surface area contributed by atoms with Crippen molar-refractivity contribution in [3.8, 4) is 20.9 Å². The summed E-state index contributed by atoms with van der Waals surface area (Å²) in [5, 5.41) is 0. The van der Waals surface area contributed by atoms with Crippen molar-refractivity contribution in [1.82, 2.24) is 0 Å². The van der Waals surface area contributed by atoms with E-state index in [0.29, 0.717) is 41.8 Å². The second kappa shape index (κ2) is 10.2. The fourth-order valence-electron chi connectivity index (χ4n) is 5.63. The smallest absolute Gasteiger partial charge is 0.194 e. The molecule has 0 atom stereocenters. The van der Waals surface area contributed by atoms with Gasteiger partial charge in [0.25, 0.3) is 0 Å². The minimum atomic E-state index is -5.62. The molecule has 0 saturated carbocycles. The van der Waals surface area contributed by atoms with Crippen LogP contribution in [-0.4, -0.2) is 17.8 Å². The average Bonchev–Trinajstić information content (AvgIpc) is 3.47. The molecule has 2 aromatic carbocycles. The van der Waals surface area contributed by atoms with E-state index in [2.05, 4.69) is 0 Å². The van der Waals surface area contributed by atoms with Crippen LogP contribution in [0.5, 0.6) is 0 Å². The molecule has 1 aliphatic carbocycles. The molecular formula is C33H30F6S2. The van der Waals surface area contributed by atoms with Gasteiger partial charge in [0.2, 0.25) is 0 Å². The van der Waals surface area contributed by atoms with Crippen LogP contribution < -0.4 is 0 Å². The monoisotopic (exact) mass is 604 g/mol. The summed E-state index contributed by atoms with van der Waals surface area (Å²) in [6.45, 7) is 10.2. The zero-order valence-corrected chi connectivity index (χ0v) is 25.1.